The summed E-state index contributed by atoms with van der Waals surface area (Å²) in [5.74, 6) is 0. The van der Waals surface area contributed by atoms with Crippen LogP contribution in [-0.2, 0) is 9.47 Å². The average Bonchev–Trinajstić information content (AvgIpc) is 2.48. The van der Waals surface area contributed by atoms with Gasteiger partial charge in [0.15, 0.2) is 0 Å². The standard InChI is InChI=1S/2C5H10O.2C2H4/c2*1-2-4-6-5-3-1;2*1-2/h2*1-5H2;2*1-2H2. The van der Waals surface area contributed by atoms with Gasteiger partial charge in [-0.1, -0.05) is 0 Å². The molecular weight excluding hydrogens is 200 g/mol. The molecule has 0 N–H and O–H groups in total. The maximum absolute atomic E-state index is 5.07. The first-order valence-corrected chi connectivity index (χ1v) is 6.15. The van der Waals surface area contributed by atoms with Crippen molar-refractivity contribution in [1.82, 2.24) is 0 Å². The van der Waals surface area contributed by atoms with E-state index in [1.807, 2.05) is 0 Å². The number of hydrogen-bond acceptors (Lipinski definition) is 2. The van der Waals surface area contributed by atoms with E-state index in [4.69, 9.17) is 9.47 Å². The van der Waals surface area contributed by atoms with Gasteiger partial charge in [-0.25, -0.2) is 0 Å². The molecule has 2 aliphatic rings. The van der Waals surface area contributed by atoms with Crippen LogP contribution in [0.15, 0.2) is 26.3 Å². The highest BCUT2D eigenvalue weighted by molar-refractivity contribution is 4.45. The molecule has 2 fully saturated rings. The van der Waals surface area contributed by atoms with E-state index in [9.17, 15) is 0 Å². The molecule has 0 atom stereocenters. The van der Waals surface area contributed by atoms with Crippen LogP contribution in [0.3, 0.4) is 0 Å². The first-order chi connectivity index (χ1) is 8.00. The van der Waals surface area contributed by atoms with Crippen LogP contribution in [0.4, 0.5) is 0 Å². The number of hydrogen-bond donors (Lipinski definition) is 0. The lowest BCUT2D eigenvalue weighted by Gasteiger charge is -2.08. The third kappa shape index (κ3) is 15.9. The quantitative estimate of drug-likeness (QED) is 0.584. The summed E-state index contributed by atoms with van der Waals surface area (Å²) in [5.41, 5.74) is 0. The Morgan fingerprint density at radius 1 is 0.438 bits per heavy atom. The van der Waals surface area contributed by atoms with Gasteiger partial charge in [0.05, 0.1) is 0 Å². The SMILES string of the molecule is C1CCOCC1.C1CCOCC1.C=C.C=C. The van der Waals surface area contributed by atoms with Gasteiger partial charge < -0.3 is 9.47 Å². The van der Waals surface area contributed by atoms with Crippen LogP contribution in [0, 0.1) is 0 Å². The Hall–Kier alpha value is -0.600. The van der Waals surface area contributed by atoms with Crippen LogP contribution in [0.2, 0.25) is 0 Å². The Morgan fingerprint density at radius 3 is 0.750 bits per heavy atom. The fourth-order valence-electron chi connectivity index (χ4n) is 1.37. The Balaban J connectivity index is 0. The predicted octanol–water partition coefficient (Wildman–Crippen LogP) is 3.98. The highest BCUT2D eigenvalue weighted by Crippen LogP contribution is 2.02. The minimum absolute atomic E-state index is 1.00. The molecule has 16 heavy (non-hydrogen) atoms. The summed E-state index contributed by atoms with van der Waals surface area (Å²) in [6.45, 7) is 16.0. The summed E-state index contributed by atoms with van der Waals surface area (Å²) in [4.78, 5) is 0. The molecule has 0 aromatic carbocycles. The summed E-state index contributed by atoms with van der Waals surface area (Å²) in [6, 6.07) is 0. The van der Waals surface area contributed by atoms with Crippen molar-refractivity contribution in [2.75, 3.05) is 26.4 Å². The summed E-state index contributed by atoms with van der Waals surface area (Å²) in [6.07, 6.45) is 7.86. The van der Waals surface area contributed by atoms with Gasteiger partial charge in [0.1, 0.15) is 0 Å². The molecule has 0 bridgehead atoms. The van der Waals surface area contributed by atoms with E-state index >= 15 is 0 Å². The lowest BCUT2D eigenvalue weighted by molar-refractivity contribution is 0.0967. The second-order valence-corrected chi connectivity index (χ2v) is 3.35. The highest BCUT2D eigenvalue weighted by Gasteiger charge is 1.95. The van der Waals surface area contributed by atoms with Crippen molar-refractivity contribution in [3.63, 3.8) is 0 Å². The third-order valence-corrected chi connectivity index (χ3v) is 2.15. The zero-order valence-electron chi connectivity index (χ0n) is 10.7. The number of rotatable bonds is 0. The van der Waals surface area contributed by atoms with Crippen LogP contribution in [0.5, 0.6) is 0 Å². The molecule has 0 radical (unpaired) electrons. The van der Waals surface area contributed by atoms with Crippen molar-refractivity contribution in [3.05, 3.63) is 26.3 Å². The molecule has 96 valence electrons. The van der Waals surface area contributed by atoms with Crippen molar-refractivity contribution < 1.29 is 9.47 Å². The van der Waals surface area contributed by atoms with E-state index in [0.717, 1.165) is 26.4 Å². The molecular formula is C14H28O2. The van der Waals surface area contributed by atoms with Crippen LogP contribution in [0.25, 0.3) is 0 Å². The van der Waals surface area contributed by atoms with Gasteiger partial charge in [-0.05, 0) is 38.5 Å². The first kappa shape index (κ1) is 17.8. The molecule has 2 nitrogen and oxygen atoms in total. The molecule has 2 heteroatoms. The normalized spacial score (nSPS) is 18.5. The maximum Gasteiger partial charge on any atom is 0.0466 e. The first-order valence-electron chi connectivity index (χ1n) is 6.15. The Labute approximate surface area is 101 Å². The topological polar surface area (TPSA) is 18.5 Å². The van der Waals surface area contributed by atoms with Gasteiger partial charge >= 0.3 is 0 Å². The molecule has 0 spiro atoms. The lowest BCUT2D eigenvalue weighted by Crippen LogP contribution is -2.03. The highest BCUT2D eigenvalue weighted by atomic mass is 16.5. The van der Waals surface area contributed by atoms with Crippen LogP contribution in [-0.4, -0.2) is 26.4 Å². The largest absolute Gasteiger partial charge is 0.381 e. The van der Waals surface area contributed by atoms with E-state index in [2.05, 4.69) is 26.3 Å². The summed E-state index contributed by atoms with van der Waals surface area (Å²) in [5, 5.41) is 0. The van der Waals surface area contributed by atoms with Crippen LogP contribution in [0.1, 0.15) is 38.5 Å². The van der Waals surface area contributed by atoms with Crippen molar-refractivity contribution in [2.45, 2.75) is 38.5 Å². The summed E-state index contributed by atoms with van der Waals surface area (Å²) in [7, 11) is 0. The lowest BCUT2D eigenvalue weighted by atomic mass is 10.2. The third-order valence-electron chi connectivity index (χ3n) is 2.15. The minimum atomic E-state index is 1.00. The Morgan fingerprint density at radius 2 is 0.688 bits per heavy atom. The molecule has 0 unspecified atom stereocenters. The van der Waals surface area contributed by atoms with Gasteiger partial charge in [-0.15, -0.1) is 26.3 Å². The van der Waals surface area contributed by atoms with E-state index < -0.39 is 0 Å². The number of ether oxygens (including phenoxy) is 2. The Bertz CT molecular complexity index is 70.3. The smallest absolute Gasteiger partial charge is 0.0466 e. The van der Waals surface area contributed by atoms with Gasteiger partial charge in [0.25, 0.3) is 0 Å². The molecule has 0 amide bonds. The van der Waals surface area contributed by atoms with E-state index in [1.54, 1.807) is 0 Å². The van der Waals surface area contributed by atoms with Gasteiger partial charge in [0.2, 0.25) is 0 Å². The molecule has 2 rings (SSSR count). The molecule has 0 aliphatic carbocycles. The Kier molecular flexibility index (Phi) is 22.1. The minimum Gasteiger partial charge on any atom is -0.381 e. The molecule has 2 heterocycles. The van der Waals surface area contributed by atoms with E-state index in [1.165, 1.54) is 38.5 Å². The molecule has 2 saturated heterocycles. The van der Waals surface area contributed by atoms with Crippen LogP contribution < -0.4 is 0 Å². The maximum atomic E-state index is 5.07. The average molecular weight is 228 g/mol. The van der Waals surface area contributed by atoms with Crippen molar-refractivity contribution in [1.29, 1.82) is 0 Å². The monoisotopic (exact) mass is 228 g/mol. The van der Waals surface area contributed by atoms with Crippen molar-refractivity contribution in [2.24, 2.45) is 0 Å². The zero-order valence-corrected chi connectivity index (χ0v) is 10.7. The molecule has 2 aliphatic heterocycles. The molecule has 0 aromatic heterocycles. The second-order valence-electron chi connectivity index (χ2n) is 3.35. The van der Waals surface area contributed by atoms with E-state index in [-0.39, 0.29) is 0 Å². The van der Waals surface area contributed by atoms with Gasteiger partial charge in [-0.2, -0.15) is 0 Å². The zero-order chi connectivity index (χ0) is 12.5. The second kappa shape index (κ2) is 19.9. The fourth-order valence-corrected chi connectivity index (χ4v) is 1.37. The predicted molar refractivity (Wildman–Crippen MR) is 71.8 cm³/mol. The van der Waals surface area contributed by atoms with Crippen LogP contribution >= 0.6 is 0 Å². The molecule has 0 saturated carbocycles. The van der Waals surface area contributed by atoms with E-state index in [0.29, 0.717) is 0 Å². The van der Waals surface area contributed by atoms with Crippen molar-refractivity contribution in [3.8, 4) is 0 Å². The van der Waals surface area contributed by atoms with Crippen molar-refractivity contribution >= 4 is 0 Å². The fraction of sp³-hybridized carbons (Fsp3) is 0.714. The van der Waals surface area contributed by atoms with Gasteiger partial charge in [0, 0.05) is 26.4 Å². The summed E-state index contributed by atoms with van der Waals surface area (Å²) < 4.78 is 10.1. The van der Waals surface area contributed by atoms with Gasteiger partial charge in [-0.3, -0.25) is 0 Å². The summed E-state index contributed by atoms with van der Waals surface area (Å²) >= 11 is 0. The molecule has 0 aromatic rings.